The molecule has 0 aliphatic heterocycles. The first-order chi connectivity index (χ1) is 12.9. The molecular formula is C18H13Cl2FN2O4. The van der Waals surface area contributed by atoms with Gasteiger partial charge in [-0.25, -0.2) is 9.18 Å². The zero-order valence-electron chi connectivity index (χ0n) is 14.0. The highest BCUT2D eigenvalue weighted by Gasteiger charge is 2.19. The maximum atomic E-state index is 12.9. The monoisotopic (exact) mass is 410 g/mol. The van der Waals surface area contributed by atoms with E-state index < -0.39 is 12.1 Å². The van der Waals surface area contributed by atoms with Gasteiger partial charge in [0.1, 0.15) is 11.6 Å². The smallest absolute Gasteiger partial charge is 0.347 e. The van der Waals surface area contributed by atoms with Gasteiger partial charge in [0, 0.05) is 10.6 Å². The molecule has 0 N–H and O–H groups in total. The van der Waals surface area contributed by atoms with Gasteiger partial charge in [0.25, 0.3) is 5.89 Å². The van der Waals surface area contributed by atoms with Gasteiger partial charge in [-0.3, -0.25) is 0 Å². The third-order valence-corrected chi connectivity index (χ3v) is 3.97. The Morgan fingerprint density at radius 3 is 2.67 bits per heavy atom. The molecular weight excluding hydrogens is 398 g/mol. The maximum absolute atomic E-state index is 12.9. The van der Waals surface area contributed by atoms with E-state index in [4.69, 9.17) is 37.2 Å². The summed E-state index contributed by atoms with van der Waals surface area (Å²) in [6.07, 6.45) is -0.914. The molecule has 0 aliphatic carbocycles. The average Bonchev–Trinajstić information content (AvgIpc) is 3.11. The first kappa shape index (κ1) is 19.1. The number of hydrogen-bond acceptors (Lipinski definition) is 6. The molecule has 0 amide bonds. The molecule has 1 heterocycles. The predicted octanol–water partition coefficient (Wildman–Crippen LogP) is 4.69. The number of hydrogen-bond donors (Lipinski definition) is 0. The molecule has 0 unspecified atom stereocenters. The number of esters is 1. The molecule has 9 heteroatoms. The van der Waals surface area contributed by atoms with Gasteiger partial charge in [0.2, 0.25) is 5.82 Å². The van der Waals surface area contributed by atoms with Gasteiger partial charge < -0.3 is 14.0 Å². The largest absolute Gasteiger partial charge is 0.477 e. The summed E-state index contributed by atoms with van der Waals surface area (Å²) in [6.45, 7) is 1.29. The molecule has 0 saturated heterocycles. The molecule has 1 aromatic heterocycles. The van der Waals surface area contributed by atoms with Crippen LogP contribution in [0.1, 0.15) is 12.8 Å². The Morgan fingerprint density at radius 2 is 1.96 bits per heavy atom. The third kappa shape index (κ3) is 4.96. The van der Waals surface area contributed by atoms with Crippen molar-refractivity contribution in [2.75, 3.05) is 0 Å². The van der Waals surface area contributed by atoms with Crippen molar-refractivity contribution in [3.63, 3.8) is 0 Å². The van der Waals surface area contributed by atoms with Gasteiger partial charge in [0.15, 0.2) is 12.7 Å². The van der Waals surface area contributed by atoms with Crippen LogP contribution in [-0.2, 0) is 16.1 Å². The van der Waals surface area contributed by atoms with Crippen LogP contribution in [0.3, 0.4) is 0 Å². The number of carbonyl (C=O) groups is 1. The first-order valence-corrected chi connectivity index (χ1v) is 8.55. The normalized spacial score (nSPS) is 11.9. The van der Waals surface area contributed by atoms with Crippen LogP contribution in [0.25, 0.3) is 11.4 Å². The molecule has 0 spiro atoms. The summed E-state index contributed by atoms with van der Waals surface area (Å²) in [5, 5.41) is 4.50. The van der Waals surface area contributed by atoms with Crippen molar-refractivity contribution < 1.29 is 23.2 Å². The van der Waals surface area contributed by atoms with Gasteiger partial charge >= 0.3 is 5.97 Å². The minimum Gasteiger partial charge on any atom is -0.477 e. The summed E-state index contributed by atoms with van der Waals surface area (Å²) < 4.78 is 28.5. The fourth-order valence-corrected chi connectivity index (χ4v) is 2.54. The molecule has 3 rings (SSSR count). The van der Waals surface area contributed by atoms with Crippen LogP contribution < -0.4 is 4.74 Å². The second-order valence-corrected chi connectivity index (χ2v) is 6.30. The summed E-state index contributed by atoms with van der Waals surface area (Å²) in [4.78, 5) is 16.2. The van der Waals surface area contributed by atoms with Crippen molar-refractivity contribution in [2.45, 2.75) is 19.6 Å². The van der Waals surface area contributed by atoms with Crippen LogP contribution in [0.2, 0.25) is 10.0 Å². The molecule has 6 nitrogen and oxygen atoms in total. The Bertz CT molecular complexity index is 947. The Balaban J connectivity index is 1.56. The predicted molar refractivity (Wildman–Crippen MR) is 96.0 cm³/mol. The lowest BCUT2D eigenvalue weighted by Gasteiger charge is -2.14. The van der Waals surface area contributed by atoms with Gasteiger partial charge in [0.05, 0.1) is 5.02 Å². The second-order valence-electron chi connectivity index (χ2n) is 5.46. The van der Waals surface area contributed by atoms with Crippen LogP contribution in [-0.4, -0.2) is 22.2 Å². The fraction of sp³-hybridized carbons (Fsp3) is 0.167. The zero-order chi connectivity index (χ0) is 19.4. The highest BCUT2D eigenvalue weighted by atomic mass is 35.5. The van der Waals surface area contributed by atoms with Gasteiger partial charge in [-0.05, 0) is 49.4 Å². The minimum atomic E-state index is -0.914. The van der Waals surface area contributed by atoms with E-state index in [1.807, 2.05) is 0 Å². The van der Waals surface area contributed by atoms with Crippen LogP contribution in [0.15, 0.2) is 47.0 Å². The number of nitrogens with zero attached hydrogens (tertiary/aromatic N) is 2. The van der Waals surface area contributed by atoms with Crippen LogP contribution >= 0.6 is 23.2 Å². The second kappa shape index (κ2) is 8.37. The molecule has 27 heavy (non-hydrogen) atoms. The van der Waals surface area contributed by atoms with Gasteiger partial charge in [-0.15, -0.1) is 0 Å². The molecule has 0 bridgehead atoms. The molecule has 1 atom stereocenters. The topological polar surface area (TPSA) is 74.5 Å². The van der Waals surface area contributed by atoms with Crippen LogP contribution in [0.4, 0.5) is 4.39 Å². The Kier molecular flexibility index (Phi) is 5.93. The SMILES string of the molecule is C[C@@H](Oc1ccc(Cl)cc1Cl)C(=O)OCc1nc(-c2ccc(F)cc2)no1. The molecule has 140 valence electrons. The lowest BCUT2D eigenvalue weighted by molar-refractivity contribution is -0.153. The number of ether oxygens (including phenoxy) is 2. The van der Waals surface area contributed by atoms with Crippen molar-refractivity contribution in [2.24, 2.45) is 0 Å². The van der Waals surface area contributed by atoms with E-state index in [1.165, 1.54) is 37.3 Å². The fourth-order valence-electron chi connectivity index (χ4n) is 2.09. The van der Waals surface area contributed by atoms with Gasteiger partial charge in [-0.1, -0.05) is 28.4 Å². The van der Waals surface area contributed by atoms with E-state index in [9.17, 15) is 9.18 Å². The Morgan fingerprint density at radius 1 is 1.22 bits per heavy atom. The van der Waals surface area contributed by atoms with Crippen molar-refractivity contribution in [1.82, 2.24) is 10.1 Å². The van der Waals surface area contributed by atoms with Crippen LogP contribution in [0, 0.1) is 5.82 Å². The van der Waals surface area contributed by atoms with E-state index in [0.29, 0.717) is 16.3 Å². The van der Waals surface area contributed by atoms with E-state index in [1.54, 1.807) is 12.1 Å². The molecule has 0 radical (unpaired) electrons. The van der Waals surface area contributed by atoms with Crippen molar-refractivity contribution in [3.8, 4) is 17.1 Å². The van der Waals surface area contributed by atoms with Crippen LogP contribution in [0.5, 0.6) is 5.75 Å². The summed E-state index contributed by atoms with van der Waals surface area (Å²) in [5.41, 5.74) is 0.576. The van der Waals surface area contributed by atoms with E-state index >= 15 is 0 Å². The number of carbonyl (C=O) groups excluding carboxylic acids is 1. The van der Waals surface area contributed by atoms with E-state index in [0.717, 1.165) is 0 Å². The van der Waals surface area contributed by atoms with E-state index in [2.05, 4.69) is 10.1 Å². The summed E-state index contributed by atoms with van der Waals surface area (Å²) in [5.74, 6) is -0.340. The Labute approximate surface area is 163 Å². The van der Waals surface area contributed by atoms with Crippen molar-refractivity contribution >= 4 is 29.2 Å². The molecule has 0 aliphatic rings. The highest BCUT2D eigenvalue weighted by Crippen LogP contribution is 2.28. The molecule has 2 aromatic carbocycles. The number of halogens is 3. The van der Waals surface area contributed by atoms with Crippen molar-refractivity contribution in [3.05, 3.63) is 64.2 Å². The summed E-state index contributed by atoms with van der Waals surface area (Å²) >= 11 is 11.8. The zero-order valence-corrected chi connectivity index (χ0v) is 15.5. The van der Waals surface area contributed by atoms with Crippen molar-refractivity contribution in [1.29, 1.82) is 0 Å². The lowest BCUT2D eigenvalue weighted by atomic mass is 10.2. The summed E-state index contributed by atoms with van der Waals surface area (Å²) in [7, 11) is 0. The minimum absolute atomic E-state index is 0.0967. The molecule has 3 aromatic rings. The average molecular weight is 411 g/mol. The first-order valence-electron chi connectivity index (χ1n) is 7.79. The quantitative estimate of drug-likeness (QED) is 0.548. The lowest BCUT2D eigenvalue weighted by Crippen LogP contribution is -2.26. The number of benzene rings is 2. The standard InChI is InChI=1S/C18H13Cl2FN2O4/c1-10(26-15-7-4-12(19)8-14(15)20)18(24)25-9-16-22-17(23-27-16)11-2-5-13(21)6-3-11/h2-8,10H,9H2,1H3/t10-/m1/s1. The maximum Gasteiger partial charge on any atom is 0.347 e. The summed E-state index contributed by atoms with van der Waals surface area (Å²) in [6, 6.07) is 10.3. The number of aromatic nitrogens is 2. The van der Waals surface area contributed by atoms with Gasteiger partial charge in [-0.2, -0.15) is 4.98 Å². The Hall–Kier alpha value is -2.64. The third-order valence-electron chi connectivity index (χ3n) is 3.44. The van der Waals surface area contributed by atoms with E-state index in [-0.39, 0.29) is 29.2 Å². The molecule has 0 saturated carbocycles. The highest BCUT2D eigenvalue weighted by molar-refractivity contribution is 6.35. The molecule has 0 fully saturated rings. The number of rotatable bonds is 6.